The fourth-order valence-corrected chi connectivity index (χ4v) is 4.84. The molecular weight excluding hydrogens is 606 g/mol. The van der Waals surface area contributed by atoms with E-state index < -0.39 is 23.7 Å². The molecule has 0 spiro atoms. The van der Waals surface area contributed by atoms with Gasteiger partial charge in [0.2, 0.25) is 0 Å². The van der Waals surface area contributed by atoms with Crippen LogP contribution in [0, 0.1) is 22.7 Å². The summed E-state index contributed by atoms with van der Waals surface area (Å²) in [4.78, 5) is 2.24. The molecule has 1 fully saturated rings. The Morgan fingerprint density at radius 2 is 1.37 bits per heavy atom. The molecule has 4 aromatic rings. The summed E-state index contributed by atoms with van der Waals surface area (Å²) in [5, 5.41) is 18.5. The molecule has 2 aromatic heterocycles. The Balaban J connectivity index is 0.000000168. The van der Waals surface area contributed by atoms with E-state index in [0.717, 1.165) is 25.0 Å². The highest BCUT2D eigenvalue weighted by molar-refractivity contribution is 9.11. The molecule has 12 heteroatoms. The Morgan fingerprint density at radius 1 is 0.800 bits per heavy atom. The van der Waals surface area contributed by atoms with Crippen LogP contribution in [-0.4, -0.2) is 9.55 Å². The number of benzene rings is 2. The van der Waals surface area contributed by atoms with Gasteiger partial charge < -0.3 is 9.55 Å². The standard InChI is InChI=1S/C13H8BrF3N2.C10H4BrF3N2/c14-10-3-7(6-18)4-11-9(10)5-12(13(15,16)17)19(11)8-1-2-8;11-7-1-5(4-15)2-8-6(7)3-9(16-8)10(12,13)14/h3-5,8H,1-2H2;1-3,16H. The van der Waals surface area contributed by atoms with Gasteiger partial charge in [-0.2, -0.15) is 36.9 Å². The van der Waals surface area contributed by atoms with E-state index in [2.05, 4.69) is 36.8 Å². The Hall–Kier alpha value is -2.96. The molecule has 1 N–H and O–H groups in total. The summed E-state index contributed by atoms with van der Waals surface area (Å²) in [6, 6.07) is 11.8. The average molecular weight is 618 g/mol. The second-order valence-corrected chi connectivity index (χ2v) is 9.55. The molecule has 5 rings (SSSR count). The summed E-state index contributed by atoms with van der Waals surface area (Å²) in [6.07, 6.45) is -7.29. The molecule has 4 nitrogen and oxygen atoms in total. The number of H-pyrrole nitrogens is 1. The molecule has 0 aliphatic heterocycles. The molecular formula is C23H12Br2F6N4. The first kappa shape index (κ1) is 25.1. The lowest BCUT2D eigenvalue weighted by molar-refractivity contribution is -0.143. The van der Waals surface area contributed by atoms with Crippen molar-refractivity contribution in [2.45, 2.75) is 31.2 Å². The number of fused-ring (bicyclic) bond motifs is 2. The van der Waals surface area contributed by atoms with Gasteiger partial charge in [-0.15, -0.1) is 0 Å². The van der Waals surface area contributed by atoms with Crippen molar-refractivity contribution in [3.05, 3.63) is 67.9 Å². The third-order valence-electron chi connectivity index (χ3n) is 5.36. The molecule has 35 heavy (non-hydrogen) atoms. The average Bonchev–Trinajstić information content (AvgIpc) is 3.36. The van der Waals surface area contributed by atoms with E-state index in [1.807, 2.05) is 12.1 Å². The van der Waals surface area contributed by atoms with Crippen LogP contribution in [0.15, 0.2) is 45.3 Å². The molecule has 1 aliphatic carbocycles. The van der Waals surface area contributed by atoms with Crippen molar-refractivity contribution in [2.24, 2.45) is 0 Å². The predicted octanol–water partition coefficient (Wildman–Crippen LogP) is 8.45. The van der Waals surface area contributed by atoms with E-state index in [9.17, 15) is 26.3 Å². The van der Waals surface area contributed by atoms with Gasteiger partial charge in [-0.25, -0.2) is 0 Å². The van der Waals surface area contributed by atoms with Crippen LogP contribution in [0.4, 0.5) is 26.3 Å². The van der Waals surface area contributed by atoms with Crippen LogP contribution in [0.1, 0.15) is 41.4 Å². The minimum Gasteiger partial charge on any atom is -0.351 e. The fourth-order valence-electron chi connectivity index (χ4n) is 3.70. The van der Waals surface area contributed by atoms with Gasteiger partial charge in [0.15, 0.2) is 0 Å². The maximum atomic E-state index is 13.1. The maximum absolute atomic E-state index is 13.1. The van der Waals surface area contributed by atoms with E-state index in [0.29, 0.717) is 41.9 Å². The third-order valence-corrected chi connectivity index (χ3v) is 6.67. The van der Waals surface area contributed by atoms with Crippen LogP contribution in [0.3, 0.4) is 0 Å². The van der Waals surface area contributed by atoms with Crippen LogP contribution >= 0.6 is 31.9 Å². The Labute approximate surface area is 211 Å². The largest absolute Gasteiger partial charge is 0.431 e. The van der Waals surface area contributed by atoms with Gasteiger partial charge >= 0.3 is 12.4 Å². The van der Waals surface area contributed by atoms with E-state index in [-0.39, 0.29) is 6.04 Å². The maximum Gasteiger partial charge on any atom is 0.431 e. The summed E-state index contributed by atoms with van der Waals surface area (Å²) in [5.74, 6) is 0. The van der Waals surface area contributed by atoms with Crippen molar-refractivity contribution in [3.8, 4) is 12.1 Å². The molecule has 1 aliphatic rings. The van der Waals surface area contributed by atoms with Crippen molar-refractivity contribution < 1.29 is 26.3 Å². The number of nitrogens with zero attached hydrogens (tertiary/aromatic N) is 3. The molecule has 0 saturated heterocycles. The monoisotopic (exact) mass is 616 g/mol. The third kappa shape index (κ3) is 5.04. The predicted molar refractivity (Wildman–Crippen MR) is 123 cm³/mol. The van der Waals surface area contributed by atoms with Crippen LogP contribution in [-0.2, 0) is 12.4 Å². The number of rotatable bonds is 1. The fraction of sp³-hybridized carbons (Fsp3) is 0.217. The zero-order chi connectivity index (χ0) is 25.7. The first-order chi connectivity index (χ1) is 16.3. The Bertz CT molecular complexity index is 1530. The Kier molecular flexibility index (Phi) is 6.41. The molecule has 0 amide bonds. The summed E-state index contributed by atoms with van der Waals surface area (Å²) >= 11 is 6.37. The number of aromatic amines is 1. The normalized spacial score (nSPS) is 13.9. The summed E-state index contributed by atoms with van der Waals surface area (Å²) in [6.45, 7) is 0. The van der Waals surface area contributed by atoms with Gasteiger partial charge in [-0.1, -0.05) is 31.9 Å². The zero-order valence-electron chi connectivity index (χ0n) is 17.3. The topological polar surface area (TPSA) is 68.3 Å². The first-order valence-electron chi connectivity index (χ1n) is 9.95. The number of halogens is 8. The summed E-state index contributed by atoms with van der Waals surface area (Å²) < 4.78 is 78.9. The van der Waals surface area contributed by atoms with E-state index in [1.54, 1.807) is 6.07 Å². The van der Waals surface area contributed by atoms with Crippen LogP contribution in [0.25, 0.3) is 21.8 Å². The van der Waals surface area contributed by atoms with Crippen LogP contribution in [0.2, 0.25) is 0 Å². The SMILES string of the molecule is N#Cc1cc(Br)c2cc(C(F)(F)F)[nH]c2c1.N#Cc1cc(Br)c2cc(C(F)(F)F)n(C3CC3)c2c1. The van der Waals surface area contributed by atoms with Gasteiger partial charge in [-0.05, 0) is 49.2 Å². The smallest absolute Gasteiger partial charge is 0.351 e. The van der Waals surface area contributed by atoms with Gasteiger partial charge in [0.25, 0.3) is 0 Å². The van der Waals surface area contributed by atoms with Crippen molar-refractivity contribution >= 4 is 53.7 Å². The van der Waals surface area contributed by atoms with Gasteiger partial charge in [-0.3, -0.25) is 0 Å². The van der Waals surface area contributed by atoms with Crippen molar-refractivity contribution in [3.63, 3.8) is 0 Å². The molecule has 0 unspecified atom stereocenters. The molecule has 0 radical (unpaired) electrons. The number of nitriles is 2. The molecule has 2 heterocycles. The highest BCUT2D eigenvalue weighted by atomic mass is 79.9. The minimum atomic E-state index is -4.41. The Morgan fingerprint density at radius 3 is 1.89 bits per heavy atom. The van der Waals surface area contributed by atoms with E-state index in [1.165, 1.54) is 22.8 Å². The minimum absolute atomic E-state index is 0.102. The quantitative estimate of drug-likeness (QED) is 0.218. The van der Waals surface area contributed by atoms with E-state index >= 15 is 0 Å². The number of hydrogen-bond acceptors (Lipinski definition) is 2. The van der Waals surface area contributed by atoms with Crippen molar-refractivity contribution in [2.75, 3.05) is 0 Å². The lowest BCUT2D eigenvalue weighted by Crippen LogP contribution is -2.12. The lowest BCUT2D eigenvalue weighted by atomic mass is 10.2. The zero-order valence-corrected chi connectivity index (χ0v) is 20.5. The summed E-state index contributed by atoms with van der Waals surface area (Å²) in [7, 11) is 0. The highest BCUT2D eigenvalue weighted by Crippen LogP contribution is 2.45. The first-order valence-corrected chi connectivity index (χ1v) is 11.5. The van der Waals surface area contributed by atoms with Crippen LogP contribution in [0.5, 0.6) is 0 Å². The number of aromatic nitrogens is 2. The highest BCUT2D eigenvalue weighted by Gasteiger charge is 2.40. The van der Waals surface area contributed by atoms with E-state index in [4.69, 9.17) is 10.5 Å². The number of alkyl halides is 6. The molecule has 2 aromatic carbocycles. The molecule has 0 atom stereocenters. The van der Waals surface area contributed by atoms with Crippen LogP contribution < -0.4 is 0 Å². The second kappa shape index (κ2) is 8.92. The lowest BCUT2D eigenvalue weighted by Gasteiger charge is -2.12. The van der Waals surface area contributed by atoms with Gasteiger partial charge in [0.1, 0.15) is 11.4 Å². The molecule has 0 bridgehead atoms. The van der Waals surface area contributed by atoms with Gasteiger partial charge in [0, 0.05) is 31.3 Å². The number of hydrogen-bond donors (Lipinski definition) is 1. The molecule has 1 saturated carbocycles. The van der Waals surface area contributed by atoms with Crippen molar-refractivity contribution in [1.82, 2.24) is 9.55 Å². The van der Waals surface area contributed by atoms with Crippen molar-refractivity contribution in [1.29, 1.82) is 10.5 Å². The number of nitrogens with one attached hydrogen (secondary N) is 1. The van der Waals surface area contributed by atoms with Gasteiger partial charge in [0.05, 0.1) is 28.8 Å². The second-order valence-electron chi connectivity index (χ2n) is 7.84. The summed E-state index contributed by atoms with van der Waals surface area (Å²) in [5.41, 5.74) is -0.0406. The molecule has 180 valence electrons.